The molecule has 2 rings (SSSR count). The maximum atomic E-state index is 13.6. The van der Waals surface area contributed by atoms with Crippen molar-refractivity contribution in [3.05, 3.63) is 53.3 Å². The molecule has 110 valence electrons. The summed E-state index contributed by atoms with van der Waals surface area (Å²) in [4.78, 5) is 11.1. The molecule has 21 heavy (non-hydrogen) atoms. The molecule has 0 aliphatic rings. The normalized spacial score (nSPS) is 10.2. The third kappa shape index (κ3) is 3.11. The van der Waals surface area contributed by atoms with Crippen molar-refractivity contribution in [2.75, 3.05) is 7.11 Å². The largest absolute Gasteiger partial charge is 0.493 e. The summed E-state index contributed by atoms with van der Waals surface area (Å²) in [6.45, 7) is -0.170. The number of aromatic carboxylic acids is 1. The highest BCUT2D eigenvalue weighted by Gasteiger charge is 2.18. The van der Waals surface area contributed by atoms with E-state index in [0.29, 0.717) is 11.3 Å². The van der Waals surface area contributed by atoms with Crippen molar-refractivity contribution in [1.82, 2.24) is 0 Å². The number of hydrogen-bond donors (Lipinski definition) is 2. The Kier molecular flexibility index (Phi) is 4.39. The second-order valence-corrected chi connectivity index (χ2v) is 4.16. The third-order valence-corrected chi connectivity index (χ3v) is 2.82. The van der Waals surface area contributed by atoms with E-state index in [1.165, 1.54) is 25.3 Å². The van der Waals surface area contributed by atoms with Crippen LogP contribution in [0.2, 0.25) is 0 Å². The van der Waals surface area contributed by atoms with Gasteiger partial charge in [0.1, 0.15) is 17.1 Å². The van der Waals surface area contributed by atoms with Crippen molar-refractivity contribution in [3.8, 4) is 17.2 Å². The van der Waals surface area contributed by atoms with Gasteiger partial charge in [0, 0.05) is 0 Å². The van der Waals surface area contributed by atoms with E-state index in [0.717, 1.165) is 6.07 Å². The molecular weight excluding hydrogens is 279 g/mol. The van der Waals surface area contributed by atoms with Crippen molar-refractivity contribution >= 4 is 5.97 Å². The van der Waals surface area contributed by atoms with Gasteiger partial charge in [0.05, 0.1) is 13.7 Å². The molecule has 0 fully saturated rings. The summed E-state index contributed by atoms with van der Waals surface area (Å²) < 4.78 is 24.1. The molecule has 0 atom stereocenters. The molecule has 0 aromatic heterocycles. The van der Waals surface area contributed by atoms with Gasteiger partial charge in [-0.3, -0.25) is 0 Å². The number of carbonyl (C=O) groups is 1. The lowest BCUT2D eigenvalue weighted by molar-refractivity contribution is 0.0689. The molecule has 2 aromatic carbocycles. The predicted molar refractivity (Wildman–Crippen MR) is 72.4 cm³/mol. The van der Waals surface area contributed by atoms with Gasteiger partial charge in [-0.25, -0.2) is 9.18 Å². The molecule has 0 aliphatic carbocycles. The minimum atomic E-state index is -1.42. The zero-order chi connectivity index (χ0) is 15.4. The van der Waals surface area contributed by atoms with Crippen molar-refractivity contribution in [3.63, 3.8) is 0 Å². The molecule has 5 nitrogen and oxygen atoms in total. The molecule has 0 aliphatic heterocycles. The molecule has 6 heteroatoms. The Bertz CT molecular complexity index is 669. The van der Waals surface area contributed by atoms with Gasteiger partial charge >= 0.3 is 5.97 Å². The standard InChI is InChI=1S/C15H13FO5/c1-20-13-7-9(8-17)5-6-11(13)21-12-4-2-3-10(16)14(12)15(18)19/h2-7,17H,8H2,1H3,(H,18,19). The molecule has 2 aromatic rings. The maximum Gasteiger partial charge on any atom is 0.342 e. The van der Waals surface area contributed by atoms with E-state index in [9.17, 15) is 9.18 Å². The zero-order valence-corrected chi connectivity index (χ0v) is 11.2. The van der Waals surface area contributed by atoms with Gasteiger partial charge in [0.2, 0.25) is 0 Å². The van der Waals surface area contributed by atoms with Gasteiger partial charge in [0.15, 0.2) is 11.5 Å². The number of halogens is 1. The molecule has 0 unspecified atom stereocenters. The number of carboxylic acid groups (broad SMARTS) is 1. The Morgan fingerprint density at radius 3 is 2.57 bits per heavy atom. The van der Waals surface area contributed by atoms with Crippen LogP contribution in [0.4, 0.5) is 4.39 Å². The first-order valence-corrected chi connectivity index (χ1v) is 6.04. The lowest BCUT2D eigenvalue weighted by atomic mass is 10.2. The molecule has 0 radical (unpaired) electrons. The van der Waals surface area contributed by atoms with E-state index in [1.807, 2.05) is 0 Å². The Balaban J connectivity index is 2.43. The Hall–Kier alpha value is -2.60. The first-order chi connectivity index (χ1) is 10.1. The maximum absolute atomic E-state index is 13.6. The van der Waals surface area contributed by atoms with Gasteiger partial charge < -0.3 is 19.7 Å². The van der Waals surface area contributed by atoms with Gasteiger partial charge in [-0.05, 0) is 29.8 Å². The first-order valence-electron chi connectivity index (χ1n) is 6.04. The highest BCUT2D eigenvalue weighted by molar-refractivity contribution is 5.91. The van der Waals surface area contributed by atoms with E-state index in [4.69, 9.17) is 19.7 Å². The molecule has 0 heterocycles. The van der Waals surface area contributed by atoms with Crippen LogP contribution in [0.3, 0.4) is 0 Å². The average molecular weight is 292 g/mol. The molecule has 0 amide bonds. The predicted octanol–water partition coefficient (Wildman–Crippen LogP) is 2.82. The van der Waals surface area contributed by atoms with E-state index < -0.39 is 17.3 Å². The number of aliphatic hydroxyl groups excluding tert-OH is 1. The third-order valence-electron chi connectivity index (χ3n) is 2.82. The van der Waals surface area contributed by atoms with E-state index in [2.05, 4.69) is 0 Å². The van der Waals surface area contributed by atoms with Gasteiger partial charge in [-0.1, -0.05) is 12.1 Å². The fourth-order valence-corrected chi connectivity index (χ4v) is 1.81. The van der Waals surface area contributed by atoms with Gasteiger partial charge in [0.25, 0.3) is 0 Å². The summed E-state index contributed by atoms with van der Waals surface area (Å²) in [5.74, 6) is -1.90. The summed E-state index contributed by atoms with van der Waals surface area (Å²) in [7, 11) is 1.41. The molecule has 0 bridgehead atoms. The monoisotopic (exact) mass is 292 g/mol. The van der Waals surface area contributed by atoms with Crippen LogP contribution in [0, 0.1) is 5.82 Å². The van der Waals surface area contributed by atoms with E-state index in [-0.39, 0.29) is 18.1 Å². The van der Waals surface area contributed by atoms with Crippen molar-refractivity contribution < 1.29 is 28.9 Å². The fraction of sp³-hybridized carbons (Fsp3) is 0.133. The second-order valence-electron chi connectivity index (χ2n) is 4.16. The number of rotatable bonds is 5. The molecule has 0 spiro atoms. The Morgan fingerprint density at radius 1 is 1.19 bits per heavy atom. The number of carboxylic acids is 1. The Morgan fingerprint density at radius 2 is 1.95 bits per heavy atom. The van der Waals surface area contributed by atoms with Crippen LogP contribution in [0.25, 0.3) is 0 Å². The topological polar surface area (TPSA) is 76.0 Å². The molecule has 0 saturated carbocycles. The van der Waals surface area contributed by atoms with Crippen LogP contribution < -0.4 is 9.47 Å². The van der Waals surface area contributed by atoms with Gasteiger partial charge in [-0.15, -0.1) is 0 Å². The second kappa shape index (κ2) is 6.23. The first kappa shape index (κ1) is 14.8. The quantitative estimate of drug-likeness (QED) is 0.886. The van der Waals surface area contributed by atoms with Crippen molar-refractivity contribution in [2.45, 2.75) is 6.61 Å². The van der Waals surface area contributed by atoms with Crippen LogP contribution >= 0.6 is 0 Å². The zero-order valence-electron chi connectivity index (χ0n) is 11.2. The minimum absolute atomic E-state index is 0.127. The van der Waals surface area contributed by atoms with Gasteiger partial charge in [-0.2, -0.15) is 0 Å². The van der Waals surface area contributed by atoms with Crippen LogP contribution in [0.1, 0.15) is 15.9 Å². The molecular formula is C15H13FO5. The van der Waals surface area contributed by atoms with E-state index >= 15 is 0 Å². The van der Waals surface area contributed by atoms with Crippen LogP contribution in [-0.4, -0.2) is 23.3 Å². The van der Waals surface area contributed by atoms with Crippen LogP contribution in [-0.2, 0) is 6.61 Å². The molecule has 0 saturated heterocycles. The number of ether oxygens (including phenoxy) is 2. The van der Waals surface area contributed by atoms with Crippen molar-refractivity contribution in [2.24, 2.45) is 0 Å². The fourth-order valence-electron chi connectivity index (χ4n) is 1.81. The smallest absolute Gasteiger partial charge is 0.342 e. The number of aliphatic hydroxyl groups is 1. The average Bonchev–Trinajstić information content (AvgIpc) is 2.47. The highest BCUT2D eigenvalue weighted by atomic mass is 19.1. The Labute approximate surface area is 120 Å². The summed E-state index contributed by atoms with van der Waals surface area (Å²) in [5.41, 5.74) is 0.0580. The minimum Gasteiger partial charge on any atom is -0.493 e. The summed E-state index contributed by atoms with van der Waals surface area (Å²) in [6, 6.07) is 8.41. The van der Waals surface area contributed by atoms with Crippen molar-refractivity contribution in [1.29, 1.82) is 0 Å². The number of methoxy groups -OCH3 is 1. The summed E-state index contributed by atoms with van der Waals surface area (Å²) in [6.07, 6.45) is 0. The lowest BCUT2D eigenvalue weighted by Gasteiger charge is -2.13. The molecule has 2 N–H and O–H groups in total. The van der Waals surface area contributed by atoms with Crippen LogP contribution in [0.15, 0.2) is 36.4 Å². The number of hydrogen-bond acceptors (Lipinski definition) is 4. The number of benzene rings is 2. The highest BCUT2D eigenvalue weighted by Crippen LogP contribution is 2.34. The summed E-state index contributed by atoms with van der Waals surface area (Å²) >= 11 is 0. The van der Waals surface area contributed by atoms with Crippen LogP contribution in [0.5, 0.6) is 17.2 Å². The van der Waals surface area contributed by atoms with E-state index in [1.54, 1.807) is 12.1 Å². The summed E-state index contributed by atoms with van der Waals surface area (Å²) in [5, 5.41) is 18.1. The SMILES string of the molecule is COc1cc(CO)ccc1Oc1cccc(F)c1C(=O)O. The lowest BCUT2D eigenvalue weighted by Crippen LogP contribution is -2.04.